The van der Waals surface area contributed by atoms with Crippen LogP contribution in [0.4, 0.5) is 0 Å². The minimum atomic E-state index is -0.0996. The average molecular weight is 203 g/mol. The first-order valence-electron chi connectivity index (χ1n) is 5.28. The molecule has 0 spiro atoms. The van der Waals surface area contributed by atoms with Gasteiger partial charge < -0.3 is 5.32 Å². The first-order valence-corrected chi connectivity index (χ1v) is 5.28. The maximum atomic E-state index is 9.03. The van der Waals surface area contributed by atoms with Crippen molar-refractivity contribution in [3.8, 4) is 6.07 Å². The van der Waals surface area contributed by atoms with Crippen molar-refractivity contribution < 1.29 is 0 Å². The second kappa shape index (κ2) is 6.15. The lowest BCUT2D eigenvalue weighted by Crippen LogP contribution is -2.24. The van der Waals surface area contributed by atoms with E-state index in [1.165, 1.54) is 0 Å². The molecule has 0 bridgehead atoms. The SMILES string of the molecule is CC(C)NCCC(C#N)c1ccccn1. The van der Waals surface area contributed by atoms with E-state index in [-0.39, 0.29) is 5.92 Å². The monoisotopic (exact) mass is 203 g/mol. The lowest BCUT2D eigenvalue weighted by molar-refractivity contribution is 0.554. The number of pyridine rings is 1. The molecule has 1 heterocycles. The molecule has 1 aromatic rings. The summed E-state index contributed by atoms with van der Waals surface area (Å²) in [6.07, 6.45) is 2.54. The van der Waals surface area contributed by atoms with Gasteiger partial charge in [0.05, 0.1) is 17.7 Å². The summed E-state index contributed by atoms with van der Waals surface area (Å²) >= 11 is 0. The van der Waals surface area contributed by atoms with Crippen molar-refractivity contribution in [1.29, 1.82) is 5.26 Å². The largest absolute Gasteiger partial charge is 0.314 e. The second-order valence-electron chi connectivity index (χ2n) is 3.83. The fourth-order valence-electron chi connectivity index (χ4n) is 1.38. The predicted octanol–water partition coefficient (Wildman–Crippen LogP) is 2.08. The molecular weight excluding hydrogens is 186 g/mol. The van der Waals surface area contributed by atoms with Crippen molar-refractivity contribution in [2.24, 2.45) is 0 Å². The summed E-state index contributed by atoms with van der Waals surface area (Å²) in [5.74, 6) is -0.0996. The standard InChI is InChI=1S/C12H17N3/c1-10(2)14-8-6-11(9-13)12-5-3-4-7-15-12/h3-5,7,10-11,14H,6,8H2,1-2H3. The summed E-state index contributed by atoms with van der Waals surface area (Å²) in [4.78, 5) is 4.20. The Kier molecular flexibility index (Phi) is 4.79. The highest BCUT2D eigenvalue weighted by Gasteiger charge is 2.10. The van der Waals surface area contributed by atoms with Gasteiger partial charge in [-0.15, -0.1) is 0 Å². The Balaban J connectivity index is 2.48. The van der Waals surface area contributed by atoms with E-state index in [2.05, 4.69) is 30.2 Å². The summed E-state index contributed by atoms with van der Waals surface area (Å²) in [6.45, 7) is 5.05. The minimum Gasteiger partial charge on any atom is -0.314 e. The molecule has 1 aromatic heterocycles. The smallest absolute Gasteiger partial charge is 0.0896 e. The summed E-state index contributed by atoms with van der Waals surface area (Å²) < 4.78 is 0. The molecule has 0 aliphatic carbocycles. The van der Waals surface area contributed by atoms with Gasteiger partial charge in [0.15, 0.2) is 0 Å². The zero-order chi connectivity index (χ0) is 11.1. The van der Waals surface area contributed by atoms with Crippen LogP contribution in [0.3, 0.4) is 0 Å². The third-order valence-electron chi connectivity index (χ3n) is 2.19. The molecule has 3 nitrogen and oxygen atoms in total. The van der Waals surface area contributed by atoms with Gasteiger partial charge in [0.1, 0.15) is 0 Å². The molecule has 15 heavy (non-hydrogen) atoms. The molecule has 80 valence electrons. The van der Waals surface area contributed by atoms with Crippen LogP contribution in [0.5, 0.6) is 0 Å². The molecule has 0 aliphatic heterocycles. The summed E-state index contributed by atoms with van der Waals surface area (Å²) in [5, 5.41) is 12.3. The Morgan fingerprint density at radius 3 is 2.80 bits per heavy atom. The number of rotatable bonds is 5. The molecule has 1 atom stereocenters. The molecule has 0 amide bonds. The number of nitrogens with zero attached hydrogens (tertiary/aromatic N) is 2. The van der Waals surface area contributed by atoms with E-state index in [0.717, 1.165) is 18.7 Å². The first kappa shape index (κ1) is 11.7. The molecular formula is C12H17N3. The van der Waals surface area contributed by atoms with Crippen molar-refractivity contribution in [3.63, 3.8) is 0 Å². The molecule has 1 unspecified atom stereocenters. The molecule has 0 aliphatic rings. The Labute approximate surface area is 91.1 Å². The molecule has 1 rings (SSSR count). The van der Waals surface area contributed by atoms with Gasteiger partial charge in [0.2, 0.25) is 0 Å². The topological polar surface area (TPSA) is 48.7 Å². The normalized spacial score (nSPS) is 12.4. The van der Waals surface area contributed by atoms with E-state index >= 15 is 0 Å². The van der Waals surface area contributed by atoms with E-state index in [4.69, 9.17) is 5.26 Å². The molecule has 3 heteroatoms. The van der Waals surface area contributed by atoms with Gasteiger partial charge in [0.25, 0.3) is 0 Å². The van der Waals surface area contributed by atoms with Crippen molar-refractivity contribution >= 4 is 0 Å². The van der Waals surface area contributed by atoms with Gasteiger partial charge in [-0.3, -0.25) is 4.98 Å². The molecule has 1 N–H and O–H groups in total. The number of nitrogens with one attached hydrogen (secondary N) is 1. The Morgan fingerprint density at radius 1 is 1.47 bits per heavy atom. The van der Waals surface area contributed by atoms with Gasteiger partial charge >= 0.3 is 0 Å². The summed E-state index contributed by atoms with van der Waals surface area (Å²) in [6, 6.07) is 8.45. The van der Waals surface area contributed by atoms with Crippen LogP contribution in [-0.2, 0) is 0 Å². The van der Waals surface area contributed by atoms with Crippen LogP contribution in [0, 0.1) is 11.3 Å². The summed E-state index contributed by atoms with van der Waals surface area (Å²) in [5.41, 5.74) is 0.866. The maximum Gasteiger partial charge on any atom is 0.0896 e. The lowest BCUT2D eigenvalue weighted by atomic mass is 10.0. The Bertz CT molecular complexity index is 313. The average Bonchev–Trinajstić information content (AvgIpc) is 2.25. The van der Waals surface area contributed by atoms with E-state index in [0.29, 0.717) is 6.04 Å². The van der Waals surface area contributed by atoms with Crippen LogP contribution in [0.15, 0.2) is 24.4 Å². The highest BCUT2D eigenvalue weighted by atomic mass is 14.9. The van der Waals surface area contributed by atoms with Crippen molar-refractivity contribution in [2.75, 3.05) is 6.54 Å². The van der Waals surface area contributed by atoms with E-state index in [1.54, 1.807) is 6.20 Å². The zero-order valence-corrected chi connectivity index (χ0v) is 9.27. The maximum absolute atomic E-state index is 9.03. The van der Waals surface area contributed by atoms with Gasteiger partial charge in [-0.25, -0.2) is 0 Å². The van der Waals surface area contributed by atoms with Crippen molar-refractivity contribution in [2.45, 2.75) is 32.2 Å². The van der Waals surface area contributed by atoms with Crippen LogP contribution in [0.25, 0.3) is 0 Å². The van der Waals surface area contributed by atoms with Crippen LogP contribution >= 0.6 is 0 Å². The molecule has 0 saturated heterocycles. The Hall–Kier alpha value is -1.40. The zero-order valence-electron chi connectivity index (χ0n) is 9.27. The minimum absolute atomic E-state index is 0.0996. The van der Waals surface area contributed by atoms with E-state index in [1.807, 2.05) is 18.2 Å². The fraction of sp³-hybridized carbons (Fsp3) is 0.500. The van der Waals surface area contributed by atoms with E-state index in [9.17, 15) is 0 Å². The Morgan fingerprint density at radius 2 is 2.27 bits per heavy atom. The van der Waals surface area contributed by atoms with Crippen LogP contribution in [0.1, 0.15) is 31.9 Å². The third-order valence-corrected chi connectivity index (χ3v) is 2.19. The molecule has 0 radical (unpaired) electrons. The van der Waals surface area contributed by atoms with Crippen LogP contribution < -0.4 is 5.32 Å². The number of hydrogen-bond acceptors (Lipinski definition) is 3. The first-order chi connectivity index (χ1) is 7.24. The highest BCUT2D eigenvalue weighted by molar-refractivity contribution is 5.16. The third kappa shape index (κ3) is 4.09. The number of nitriles is 1. The predicted molar refractivity (Wildman–Crippen MR) is 60.3 cm³/mol. The van der Waals surface area contributed by atoms with Crippen molar-refractivity contribution in [1.82, 2.24) is 10.3 Å². The van der Waals surface area contributed by atoms with Gasteiger partial charge in [-0.2, -0.15) is 5.26 Å². The lowest BCUT2D eigenvalue weighted by Gasteiger charge is -2.11. The van der Waals surface area contributed by atoms with Crippen molar-refractivity contribution in [3.05, 3.63) is 30.1 Å². The van der Waals surface area contributed by atoms with Crippen LogP contribution in [-0.4, -0.2) is 17.6 Å². The van der Waals surface area contributed by atoms with Gasteiger partial charge in [-0.1, -0.05) is 19.9 Å². The summed E-state index contributed by atoms with van der Waals surface area (Å²) in [7, 11) is 0. The highest BCUT2D eigenvalue weighted by Crippen LogP contribution is 2.14. The van der Waals surface area contributed by atoms with Crippen LogP contribution in [0.2, 0.25) is 0 Å². The van der Waals surface area contributed by atoms with Gasteiger partial charge in [-0.05, 0) is 25.1 Å². The molecule has 0 saturated carbocycles. The second-order valence-corrected chi connectivity index (χ2v) is 3.83. The van der Waals surface area contributed by atoms with E-state index < -0.39 is 0 Å². The number of hydrogen-bond donors (Lipinski definition) is 1. The molecule has 0 fully saturated rings. The molecule has 0 aromatic carbocycles. The fourth-order valence-corrected chi connectivity index (χ4v) is 1.38. The quantitative estimate of drug-likeness (QED) is 0.797. The van der Waals surface area contributed by atoms with Gasteiger partial charge in [0, 0.05) is 12.2 Å². The number of aromatic nitrogens is 1.